The molecule has 5 atom stereocenters. The fourth-order valence-electron chi connectivity index (χ4n) is 11.2. The van der Waals surface area contributed by atoms with E-state index >= 15 is 0 Å². The van der Waals surface area contributed by atoms with Gasteiger partial charge in [0, 0.05) is 25.7 Å². The summed E-state index contributed by atoms with van der Waals surface area (Å²) in [6, 6.07) is 0. The Bertz CT molecular complexity index is 1770. The van der Waals surface area contributed by atoms with E-state index in [1.165, 1.54) is 193 Å². The minimum atomic E-state index is -4.95. The minimum absolute atomic E-state index is 0.102. The van der Waals surface area contributed by atoms with E-state index < -0.39 is 97.5 Å². The summed E-state index contributed by atoms with van der Waals surface area (Å²) in [6.45, 7) is 7.12. The van der Waals surface area contributed by atoms with Crippen molar-refractivity contribution >= 4 is 39.5 Å². The lowest BCUT2D eigenvalue weighted by atomic mass is 10.0. The standard InChI is InChI=1S/C73H142O17P2/c1-6-9-12-15-18-20-22-24-26-27-28-29-30-31-32-33-35-37-39-42-48-53-58-72(77)89-68(63-84-71(76)57-52-47-41-38-36-34-25-23-21-19-16-13-10-7-2)64-87-91(79,80)85-60-67(74)61-86-92(81,82)88-65-69(62-83-70(75)56-51-46-40-17-14-11-8-3)90-73(78)59-54-49-44-43-45-50-55-66(4)5/h66-69,74H,6-65H2,1-5H3,(H,79,80)(H,81,82)/t67-,68-,69-/m1/s1. The molecule has 19 heteroatoms. The van der Waals surface area contributed by atoms with Crippen molar-refractivity contribution in [2.24, 2.45) is 5.92 Å². The predicted molar refractivity (Wildman–Crippen MR) is 372 cm³/mol. The SMILES string of the molecule is CCCCCCCCCCCCCCCCCCCCCCCCC(=O)O[C@H](COC(=O)CCCCCCCCCCCCCCCC)COP(=O)(O)OC[C@@H](O)COP(=O)(O)OC[C@@H](COC(=O)CCCCCCCCC)OC(=O)CCCCCCCCC(C)C. The zero-order valence-corrected chi connectivity index (χ0v) is 61.5. The van der Waals surface area contributed by atoms with E-state index in [4.69, 9.17) is 37.0 Å². The first-order valence-electron chi connectivity index (χ1n) is 38.1. The van der Waals surface area contributed by atoms with Gasteiger partial charge in [-0.05, 0) is 31.6 Å². The van der Waals surface area contributed by atoms with Crippen LogP contribution >= 0.6 is 15.6 Å². The van der Waals surface area contributed by atoms with Crippen LogP contribution in [-0.4, -0.2) is 96.7 Å². The monoisotopic (exact) mass is 1350 g/mol. The van der Waals surface area contributed by atoms with Crippen molar-refractivity contribution in [3.05, 3.63) is 0 Å². The maximum absolute atomic E-state index is 13.1. The van der Waals surface area contributed by atoms with Crippen LogP contribution in [0.4, 0.5) is 0 Å². The van der Waals surface area contributed by atoms with E-state index in [2.05, 4.69) is 34.6 Å². The molecule has 0 aromatic rings. The summed E-state index contributed by atoms with van der Waals surface area (Å²) in [5, 5.41) is 10.6. The molecule has 0 rings (SSSR count). The summed E-state index contributed by atoms with van der Waals surface area (Å²) in [4.78, 5) is 72.4. The Kier molecular flexibility index (Phi) is 64.9. The number of phosphoric ester groups is 2. The molecule has 0 amide bonds. The molecule has 0 aliphatic heterocycles. The number of rotatable bonds is 73. The molecule has 0 radical (unpaired) electrons. The summed E-state index contributed by atoms with van der Waals surface area (Å²) >= 11 is 0. The number of hydrogen-bond donors (Lipinski definition) is 3. The average molecular weight is 1350 g/mol. The lowest BCUT2D eigenvalue weighted by Crippen LogP contribution is -2.30. The van der Waals surface area contributed by atoms with Gasteiger partial charge in [-0.1, -0.05) is 330 Å². The van der Waals surface area contributed by atoms with Crippen LogP contribution in [0, 0.1) is 5.92 Å². The zero-order chi connectivity index (χ0) is 67.7. The number of unbranched alkanes of at least 4 members (excludes halogenated alkanes) is 45. The van der Waals surface area contributed by atoms with Gasteiger partial charge in [0.25, 0.3) is 0 Å². The predicted octanol–water partition coefficient (Wildman–Crippen LogP) is 21.3. The number of ether oxygens (including phenoxy) is 4. The van der Waals surface area contributed by atoms with Crippen LogP contribution in [-0.2, 0) is 65.4 Å². The van der Waals surface area contributed by atoms with Gasteiger partial charge in [0.15, 0.2) is 12.2 Å². The molecule has 0 aromatic heterocycles. The van der Waals surface area contributed by atoms with Crippen LogP contribution in [0.25, 0.3) is 0 Å². The Morgan fingerprint density at radius 1 is 0.293 bits per heavy atom. The molecule has 0 aliphatic carbocycles. The summed E-state index contributed by atoms with van der Waals surface area (Å²) < 4.78 is 68.2. The minimum Gasteiger partial charge on any atom is -0.462 e. The molecule has 0 heterocycles. The average Bonchev–Trinajstić information content (AvgIpc) is 2.90. The molecule has 0 spiro atoms. The molecular formula is C73H142O17P2. The van der Waals surface area contributed by atoms with Crippen molar-refractivity contribution in [3.8, 4) is 0 Å². The van der Waals surface area contributed by atoms with Crippen LogP contribution in [0.15, 0.2) is 0 Å². The highest BCUT2D eigenvalue weighted by Gasteiger charge is 2.30. The van der Waals surface area contributed by atoms with Crippen molar-refractivity contribution < 1.29 is 80.2 Å². The molecule has 0 aromatic carbocycles. The van der Waals surface area contributed by atoms with E-state index in [1.807, 2.05) is 0 Å². The van der Waals surface area contributed by atoms with E-state index in [9.17, 15) is 43.2 Å². The molecule has 0 aliphatic rings. The van der Waals surface area contributed by atoms with E-state index in [1.54, 1.807) is 0 Å². The first-order chi connectivity index (χ1) is 44.5. The summed E-state index contributed by atoms with van der Waals surface area (Å²) in [6.07, 6.45) is 54.7. The molecule has 0 fully saturated rings. The van der Waals surface area contributed by atoms with Crippen molar-refractivity contribution in [1.29, 1.82) is 0 Å². The van der Waals surface area contributed by atoms with Gasteiger partial charge in [-0.25, -0.2) is 9.13 Å². The van der Waals surface area contributed by atoms with Crippen LogP contribution < -0.4 is 0 Å². The van der Waals surface area contributed by atoms with Crippen LogP contribution in [0.3, 0.4) is 0 Å². The summed E-state index contributed by atoms with van der Waals surface area (Å²) in [5.41, 5.74) is 0. The third-order valence-electron chi connectivity index (χ3n) is 17.0. The van der Waals surface area contributed by atoms with Crippen LogP contribution in [0.1, 0.15) is 381 Å². The zero-order valence-electron chi connectivity index (χ0n) is 59.7. The first-order valence-corrected chi connectivity index (χ1v) is 41.1. The fraction of sp³-hybridized carbons (Fsp3) is 0.945. The van der Waals surface area contributed by atoms with Gasteiger partial charge in [-0.3, -0.25) is 37.3 Å². The van der Waals surface area contributed by atoms with Crippen LogP contribution in [0.2, 0.25) is 0 Å². The Morgan fingerprint density at radius 3 is 0.739 bits per heavy atom. The van der Waals surface area contributed by atoms with Gasteiger partial charge in [0.1, 0.15) is 19.3 Å². The number of carbonyl (C=O) groups is 4. The van der Waals surface area contributed by atoms with E-state index in [0.717, 1.165) is 103 Å². The lowest BCUT2D eigenvalue weighted by Gasteiger charge is -2.21. The van der Waals surface area contributed by atoms with Crippen molar-refractivity contribution in [3.63, 3.8) is 0 Å². The number of aliphatic hydroxyl groups excluding tert-OH is 1. The van der Waals surface area contributed by atoms with E-state index in [-0.39, 0.29) is 25.7 Å². The highest BCUT2D eigenvalue weighted by molar-refractivity contribution is 7.47. The van der Waals surface area contributed by atoms with E-state index in [0.29, 0.717) is 31.6 Å². The van der Waals surface area contributed by atoms with Gasteiger partial charge < -0.3 is 33.8 Å². The summed E-state index contributed by atoms with van der Waals surface area (Å²) in [7, 11) is -9.90. The van der Waals surface area contributed by atoms with Gasteiger partial charge in [0.05, 0.1) is 26.4 Å². The molecule has 0 saturated heterocycles. The van der Waals surface area contributed by atoms with Gasteiger partial charge in [0.2, 0.25) is 0 Å². The Morgan fingerprint density at radius 2 is 0.500 bits per heavy atom. The molecule has 2 unspecified atom stereocenters. The lowest BCUT2D eigenvalue weighted by molar-refractivity contribution is -0.161. The molecular weight excluding hydrogens is 1210 g/mol. The van der Waals surface area contributed by atoms with Crippen LogP contribution in [0.5, 0.6) is 0 Å². The Balaban J connectivity index is 5.12. The third-order valence-corrected chi connectivity index (χ3v) is 18.9. The smallest absolute Gasteiger partial charge is 0.462 e. The topological polar surface area (TPSA) is 237 Å². The maximum atomic E-state index is 13.1. The number of esters is 4. The molecule has 0 bridgehead atoms. The van der Waals surface area contributed by atoms with Crippen molar-refractivity contribution in [1.82, 2.24) is 0 Å². The second-order valence-electron chi connectivity index (χ2n) is 26.8. The second-order valence-corrected chi connectivity index (χ2v) is 29.7. The van der Waals surface area contributed by atoms with Gasteiger partial charge in [-0.15, -0.1) is 0 Å². The molecule has 17 nitrogen and oxygen atoms in total. The summed E-state index contributed by atoms with van der Waals surface area (Å²) in [5.74, 6) is -1.46. The van der Waals surface area contributed by atoms with Gasteiger partial charge >= 0.3 is 39.5 Å². The number of carbonyl (C=O) groups excluding carboxylic acids is 4. The molecule has 92 heavy (non-hydrogen) atoms. The highest BCUT2D eigenvalue weighted by Crippen LogP contribution is 2.45. The fourth-order valence-corrected chi connectivity index (χ4v) is 12.8. The van der Waals surface area contributed by atoms with Crippen molar-refractivity contribution in [2.45, 2.75) is 400 Å². The quantitative estimate of drug-likeness (QED) is 0.0222. The van der Waals surface area contributed by atoms with Gasteiger partial charge in [-0.2, -0.15) is 0 Å². The second kappa shape index (κ2) is 66.3. The third kappa shape index (κ3) is 66.7. The number of phosphoric acid groups is 2. The Hall–Kier alpha value is -1.94. The maximum Gasteiger partial charge on any atom is 0.472 e. The number of aliphatic hydroxyl groups is 1. The largest absolute Gasteiger partial charge is 0.472 e. The highest BCUT2D eigenvalue weighted by atomic mass is 31.2. The van der Waals surface area contributed by atoms with Crippen molar-refractivity contribution in [2.75, 3.05) is 39.6 Å². The molecule has 546 valence electrons. The normalized spacial score (nSPS) is 14.0. The Labute approximate surface area is 562 Å². The molecule has 0 saturated carbocycles. The molecule has 3 N–H and O–H groups in total. The number of hydrogen-bond acceptors (Lipinski definition) is 15. The first kappa shape index (κ1) is 90.1.